The molecule has 0 aliphatic rings. The average molecular weight is 457 g/mol. The van der Waals surface area contributed by atoms with Gasteiger partial charge in [-0.2, -0.15) is 10.4 Å². The predicted molar refractivity (Wildman–Crippen MR) is 115 cm³/mol. The molecule has 0 bridgehead atoms. The third-order valence-electron chi connectivity index (χ3n) is 4.49. The lowest BCUT2D eigenvalue weighted by Crippen LogP contribution is -2.44. The number of hydrogen-bond donors (Lipinski definition) is 4. The normalized spacial score (nSPS) is 11.3. The second-order valence-corrected chi connectivity index (χ2v) is 7.52. The van der Waals surface area contributed by atoms with E-state index in [1.54, 1.807) is 34.1 Å². The number of carboxylic acid groups (broad SMARTS) is 1. The van der Waals surface area contributed by atoms with E-state index in [0.717, 1.165) is 0 Å². The lowest BCUT2D eigenvalue weighted by atomic mass is 10.1. The van der Waals surface area contributed by atoms with Crippen molar-refractivity contribution >= 4 is 23.2 Å². The van der Waals surface area contributed by atoms with Gasteiger partial charge in [0.1, 0.15) is 6.07 Å². The standard InChI is InChI=1S/C21H21F2N7O3/c1-12(2)29-16-6-17(18-4-3-14-5-13(7-24)8-28-30(14)18)25-9-15(16)19(31)26-10-21(22,23)11-27-20(32)33/h3-6,8-9,12,27H,10-11H2,1-2H3,(H,25,29)(H,26,31)(H,32,33). The highest BCUT2D eigenvalue weighted by Crippen LogP contribution is 2.26. The van der Waals surface area contributed by atoms with Gasteiger partial charge in [0.05, 0.1) is 53.0 Å². The number of carbonyl (C=O) groups is 2. The van der Waals surface area contributed by atoms with Crippen LogP contribution >= 0.6 is 0 Å². The zero-order chi connectivity index (χ0) is 24.2. The maximum atomic E-state index is 13.8. The van der Waals surface area contributed by atoms with Crippen LogP contribution in [0.25, 0.3) is 16.9 Å². The molecule has 0 unspecified atom stereocenters. The third-order valence-corrected chi connectivity index (χ3v) is 4.49. The van der Waals surface area contributed by atoms with E-state index in [4.69, 9.17) is 10.4 Å². The summed E-state index contributed by atoms with van der Waals surface area (Å²) in [7, 11) is 0. The van der Waals surface area contributed by atoms with Crippen LogP contribution in [0.1, 0.15) is 29.8 Å². The van der Waals surface area contributed by atoms with Crippen molar-refractivity contribution < 1.29 is 23.5 Å². The first-order valence-electron chi connectivity index (χ1n) is 9.87. The van der Waals surface area contributed by atoms with Gasteiger partial charge in [-0.3, -0.25) is 9.78 Å². The van der Waals surface area contributed by atoms with E-state index in [1.165, 1.54) is 12.4 Å². The van der Waals surface area contributed by atoms with Gasteiger partial charge in [-0.05, 0) is 38.1 Å². The molecule has 3 aromatic rings. The molecular formula is C21H21F2N7O3. The number of halogens is 2. The second-order valence-electron chi connectivity index (χ2n) is 7.52. The smallest absolute Gasteiger partial charge is 0.404 e. The van der Waals surface area contributed by atoms with Crippen molar-refractivity contribution in [2.24, 2.45) is 0 Å². The zero-order valence-electron chi connectivity index (χ0n) is 17.8. The Morgan fingerprint density at radius 1 is 1.21 bits per heavy atom. The minimum Gasteiger partial charge on any atom is -0.465 e. The molecule has 10 nitrogen and oxygen atoms in total. The molecule has 0 aromatic carbocycles. The van der Waals surface area contributed by atoms with Crippen LogP contribution in [0.5, 0.6) is 0 Å². The van der Waals surface area contributed by atoms with E-state index < -0.39 is 31.0 Å². The van der Waals surface area contributed by atoms with Crippen molar-refractivity contribution in [2.45, 2.75) is 25.8 Å². The highest BCUT2D eigenvalue weighted by molar-refractivity contribution is 6.00. The zero-order valence-corrected chi connectivity index (χ0v) is 17.8. The van der Waals surface area contributed by atoms with Gasteiger partial charge in [0, 0.05) is 12.2 Å². The Morgan fingerprint density at radius 3 is 2.61 bits per heavy atom. The summed E-state index contributed by atoms with van der Waals surface area (Å²) < 4.78 is 29.2. The second kappa shape index (κ2) is 9.47. The molecule has 2 amide bonds. The molecule has 0 spiro atoms. The van der Waals surface area contributed by atoms with Gasteiger partial charge in [-0.1, -0.05) is 0 Å². The van der Waals surface area contributed by atoms with Crippen LogP contribution in [0.2, 0.25) is 0 Å². The third kappa shape index (κ3) is 5.70. The van der Waals surface area contributed by atoms with Gasteiger partial charge in [-0.25, -0.2) is 18.1 Å². The molecule has 0 saturated heterocycles. The number of nitrogens with one attached hydrogen (secondary N) is 3. The summed E-state index contributed by atoms with van der Waals surface area (Å²) in [6, 6.07) is 8.77. The molecule has 3 aromatic heterocycles. The fourth-order valence-electron chi connectivity index (χ4n) is 3.03. The van der Waals surface area contributed by atoms with Crippen molar-refractivity contribution in [3.63, 3.8) is 0 Å². The summed E-state index contributed by atoms with van der Waals surface area (Å²) in [5, 5.41) is 28.6. The van der Waals surface area contributed by atoms with Gasteiger partial charge < -0.3 is 21.1 Å². The molecule has 0 atom stereocenters. The summed E-state index contributed by atoms with van der Waals surface area (Å²) >= 11 is 0. The molecular weight excluding hydrogens is 436 g/mol. The largest absolute Gasteiger partial charge is 0.465 e. The fraction of sp³-hybridized carbons (Fsp3) is 0.286. The van der Waals surface area contributed by atoms with Gasteiger partial charge in [0.25, 0.3) is 11.8 Å². The summed E-state index contributed by atoms with van der Waals surface area (Å²) in [6.07, 6.45) is 1.11. The Labute approximate surface area is 187 Å². The molecule has 0 aliphatic carbocycles. The van der Waals surface area contributed by atoms with Crippen molar-refractivity contribution in [3.8, 4) is 17.5 Å². The minimum absolute atomic E-state index is 0.0510. The quantitative estimate of drug-likeness (QED) is 0.407. The summed E-state index contributed by atoms with van der Waals surface area (Å²) in [5.74, 6) is -4.25. The van der Waals surface area contributed by atoms with Crippen molar-refractivity contribution in [3.05, 3.63) is 47.8 Å². The highest BCUT2D eigenvalue weighted by Gasteiger charge is 2.30. The number of hydrogen-bond acceptors (Lipinski definition) is 6. The van der Waals surface area contributed by atoms with E-state index >= 15 is 0 Å². The van der Waals surface area contributed by atoms with Crippen LogP contribution < -0.4 is 16.0 Å². The topological polar surface area (TPSA) is 144 Å². The summed E-state index contributed by atoms with van der Waals surface area (Å²) in [4.78, 5) is 27.3. The van der Waals surface area contributed by atoms with E-state index in [9.17, 15) is 18.4 Å². The van der Waals surface area contributed by atoms with E-state index in [-0.39, 0.29) is 11.6 Å². The molecule has 172 valence electrons. The number of nitriles is 1. The summed E-state index contributed by atoms with van der Waals surface area (Å²) in [5.41, 5.74) is 2.61. The average Bonchev–Trinajstić information content (AvgIpc) is 3.19. The van der Waals surface area contributed by atoms with Gasteiger partial charge in [0.15, 0.2) is 0 Å². The van der Waals surface area contributed by atoms with Crippen LogP contribution in [-0.4, -0.2) is 56.8 Å². The van der Waals surface area contributed by atoms with Gasteiger partial charge in [-0.15, -0.1) is 0 Å². The number of rotatable bonds is 8. The monoisotopic (exact) mass is 457 g/mol. The molecule has 3 heterocycles. The number of anilines is 1. The fourth-order valence-corrected chi connectivity index (χ4v) is 3.03. The van der Waals surface area contributed by atoms with Crippen LogP contribution in [-0.2, 0) is 0 Å². The number of fused-ring (bicyclic) bond motifs is 1. The van der Waals surface area contributed by atoms with Gasteiger partial charge in [0.2, 0.25) is 0 Å². The van der Waals surface area contributed by atoms with E-state index in [0.29, 0.717) is 28.2 Å². The number of alkyl halides is 2. The van der Waals surface area contributed by atoms with Crippen molar-refractivity contribution in [1.82, 2.24) is 25.2 Å². The van der Waals surface area contributed by atoms with Crippen molar-refractivity contribution in [2.75, 3.05) is 18.4 Å². The lowest BCUT2D eigenvalue weighted by Gasteiger charge is -2.19. The van der Waals surface area contributed by atoms with E-state index in [1.807, 2.05) is 19.9 Å². The number of aromatic nitrogens is 3. The molecule has 12 heteroatoms. The first kappa shape index (κ1) is 23.4. The van der Waals surface area contributed by atoms with Crippen LogP contribution in [0.15, 0.2) is 36.7 Å². The predicted octanol–water partition coefficient (Wildman–Crippen LogP) is 2.72. The molecule has 0 saturated carbocycles. The number of pyridine rings is 1. The van der Waals surface area contributed by atoms with Crippen LogP contribution in [0.3, 0.4) is 0 Å². The first-order valence-corrected chi connectivity index (χ1v) is 9.87. The lowest BCUT2D eigenvalue weighted by molar-refractivity contribution is 0.00438. The maximum absolute atomic E-state index is 13.8. The Kier molecular flexibility index (Phi) is 6.72. The molecule has 3 rings (SSSR count). The maximum Gasteiger partial charge on any atom is 0.404 e. The molecule has 0 aliphatic heterocycles. The summed E-state index contributed by atoms with van der Waals surface area (Å²) in [6.45, 7) is 1.53. The molecule has 4 N–H and O–H groups in total. The highest BCUT2D eigenvalue weighted by atomic mass is 19.3. The van der Waals surface area contributed by atoms with Gasteiger partial charge >= 0.3 is 6.09 Å². The first-order chi connectivity index (χ1) is 15.6. The Hall–Kier alpha value is -4.27. The minimum atomic E-state index is -3.47. The van der Waals surface area contributed by atoms with Crippen molar-refractivity contribution in [1.29, 1.82) is 5.26 Å². The Morgan fingerprint density at radius 2 is 1.94 bits per heavy atom. The molecule has 33 heavy (non-hydrogen) atoms. The van der Waals surface area contributed by atoms with Crippen LogP contribution in [0, 0.1) is 11.3 Å². The van der Waals surface area contributed by atoms with Crippen LogP contribution in [0.4, 0.5) is 19.3 Å². The van der Waals surface area contributed by atoms with E-state index in [2.05, 4.69) is 20.7 Å². The Bertz CT molecular complexity index is 1230. The molecule has 0 fully saturated rings. The number of nitrogens with zero attached hydrogens (tertiary/aromatic N) is 4. The molecule has 0 radical (unpaired) electrons. The number of carbonyl (C=O) groups excluding carboxylic acids is 1. The SMILES string of the molecule is CC(C)Nc1cc(-c2ccc3cc(C#N)cnn23)ncc1C(=O)NCC(F)(F)CNC(=O)O. The Balaban J connectivity index is 1.87. The number of amides is 2.